The van der Waals surface area contributed by atoms with Gasteiger partial charge in [-0.25, -0.2) is 9.37 Å². The predicted molar refractivity (Wildman–Crippen MR) is 134 cm³/mol. The number of anilines is 2. The van der Waals surface area contributed by atoms with Crippen LogP contribution in [0, 0.1) is 5.82 Å². The third-order valence-corrected chi connectivity index (χ3v) is 7.15. The molecule has 192 valence electrons. The molecule has 0 atom stereocenters. The fourth-order valence-electron chi connectivity index (χ4n) is 4.98. The Morgan fingerprint density at radius 3 is 2.42 bits per heavy atom. The summed E-state index contributed by atoms with van der Waals surface area (Å²) in [6, 6.07) is 8.20. The monoisotopic (exact) mass is 516 g/mol. The third kappa shape index (κ3) is 4.89. The van der Waals surface area contributed by atoms with Gasteiger partial charge >= 0.3 is 5.97 Å². The lowest BCUT2D eigenvalue weighted by molar-refractivity contribution is -0.142. The Morgan fingerprint density at radius 2 is 1.78 bits per heavy atom. The summed E-state index contributed by atoms with van der Waals surface area (Å²) in [5.74, 6) is -1.97. The summed E-state index contributed by atoms with van der Waals surface area (Å²) in [5.41, 5.74) is 1.50. The van der Waals surface area contributed by atoms with Crippen molar-refractivity contribution in [2.75, 3.05) is 31.1 Å². The number of fused-ring (bicyclic) bond motifs is 1. The van der Waals surface area contributed by atoms with Crippen LogP contribution in [0.15, 0.2) is 30.3 Å². The van der Waals surface area contributed by atoms with Gasteiger partial charge in [0, 0.05) is 43.7 Å². The summed E-state index contributed by atoms with van der Waals surface area (Å²) in [6.45, 7) is 9.37. The maximum absolute atomic E-state index is 14.1. The van der Waals surface area contributed by atoms with Crippen LogP contribution < -0.4 is 4.90 Å². The number of halogens is 2. The summed E-state index contributed by atoms with van der Waals surface area (Å²) in [4.78, 5) is 46.9. The summed E-state index contributed by atoms with van der Waals surface area (Å²) in [5, 5.41) is 8.91. The van der Waals surface area contributed by atoms with Crippen LogP contribution in [0.2, 0.25) is 5.02 Å². The number of carbonyl (C=O) groups excluding carboxylic acids is 2. The molecule has 3 heterocycles. The number of carboxylic acid groups (broad SMARTS) is 1. The number of aliphatic carboxylic acids is 1. The Kier molecular flexibility index (Phi) is 6.72. The number of aromatic nitrogens is 1. The van der Waals surface area contributed by atoms with E-state index in [1.807, 2.05) is 38.7 Å². The molecule has 36 heavy (non-hydrogen) atoms. The van der Waals surface area contributed by atoms with Gasteiger partial charge < -0.3 is 19.8 Å². The molecule has 0 saturated carbocycles. The van der Waals surface area contributed by atoms with Gasteiger partial charge in [-0.1, -0.05) is 25.4 Å². The van der Waals surface area contributed by atoms with Gasteiger partial charge in [0.05, 0.1) is 28.4 Å². The zero-order valence-electron chi connectivity index (χ0n) is 20.8. The zero-order chi connectivity index (χ0) is 26.4. The largest absolute Gasteiger partial charge is 0.481 e. The minimum atomic E-state index is -1.01. The molecule has 2 aliphatic rings. The summed E-state index contributed by atoms with van der Waals surface area (Å²) >= 11 is 5.86. The molecule has 2 aliphatic heterocycles. The predicted octanol–water partition coefficient (Wildman–Crippen LogP) is 4.23. The van der Waals surface area contributed by atoms with Crippen molar-refractivity contribution < 1.29 is 23.9 Å². The van der Waals surface area contributed by atoms with E-state index in [2.05, 4.69) is 0 Å². The molecule has 0 radical (unpaired) electrons. The Balaban J connectivity index is 1.56. The average molecular weight is 517 g/mol. The SMILES string of the molecule is CC1(C)CN(c2ccc(Cl)c(F)c2)c2ccc(C(=O)N3CCN(C(=O)CCC(=O)O)CC3(C)C)nc21. The number of hydrogen-bond donors (Lipinski definition) is 1. The number of piperazine rings is 1. The Labute approximate surface area is 214 Å². The molecule has 0 unspecified atom stereocenters. The van der Waals surface area contributed by atoms with Gasteiger partial charge in [0.15, 0.2) is 0 Å². The number of nitrogens with zero attached hydrogens (tertiary/aromatic N) is 4. The second-order valence-corrected chi connectivity index (χ2v) is 11.0. The highest BCUT2D eigenvalue weighted by Crippen LogP contribution is 2.43. The van der Waals surface area contributed by atoms with Crippen LogP contribution in [0.3, 0.4) is 0 Å². The molecule has 10 heteroatoms. The number of carbonyl (C=O) groups is 3. The van der Waals surface area contributed by atoms with Crippen LogP contribution in [0.25, 0.3) is 0 Å². The van der Waals surface area contributed by atoms with Crippen molar-refractivity contribution in [3.05, 3.63) is 52.6 Å². The highest BCUT2D eigenvalue weighted by molar-refractivity contribution is 6.30. The van der Waals surface area contributed by atoms with Crippen molar-refractivity contribution >= 4 is 40.8 Å². The fourth-order valence-corrected chi connectivity index (χ4v) is 5.10. The number of hydrogen-bond acceptors (Lipinski definition) is 5. The third-order valence-electron chi connectivity index (χ3n) is 6.85. The Hall–Kier alpha value is -3.20. The first kappa shape index (κ1) is 25.9. The molecule has 0 bridgehead atoms. The van der Waals surface area contributed by atoms with E-state index < -0.39 is 17.3 Å². The van der Waals surface area contributed by atoms with E-state index in [0.717, 1.165) is 11.4 Å². The van der Waals surface area contributed by atoms with Crippen LogP contribution in [-0.2, 0) is 15.0 Å². The minimum absolute atomic E-state index is 0.0581. The quantitative estimate of drug-likeness (QED) is 0.639. The zero-order valence-corrected chi connectivity index (χ0v) is 21.6. The molecule has 1 N–H and O–H groups in total. The Bertz CT molecular complexity index is 1230. The van der Waals surface area contributed by atoms with Gasteiger partial charge in [-0.05, 0) is 44.2 Å². The van der Waals surface area contributed by atoms with Crippen molar-refractivity contribution in [2.45, 2.75) is 51.5 Å². The van der Waals surface area contributed by atoms with Gasteiger partial charge in [-0.2, -0.15) is 0 Å². The molecule has 1 aromatic carbocycles. The molecule has 4 rings (SSSR count). The normalized spacial score (nSPS) is 18.2. The molecule has 1 saturated heterocycles. The van der Waals surface area contributed by atoms with E-state index in [-0.39, 0.29) is 35.1 Å². The fraction of sp³-hybridized carbons (Fsp3) is 0.462. The molecule has 1 fully saturated rings. The molecule has 2 amide bonds. The topological polar surface area (TPSA) is 94.1 Å². The van der Waals surface area contributed by atoms with Gasteiger partial charge in [0.2, 0.25) is 5.91 Å². The highest BCUT2D eigenvalue weighted by atomic mass is 35.5. The van der Waals surface area contributed by atoms with Gasteiger partial charge in [0.25, 0.3) is 5.91 Å². The first-order valence-electron chi connectivity index (χ1n) is 11.9. The van der Waals surface area contributed by atoms with E-state index in [0.29, 0.717) is 37.6 Å². The van der Waals surface area contributed by atoms with Crippen LogP contribution in [0.5, 0.6) is 0 Å². The molecular formula is C26H30ClFN4O4. The number of benzene rings is 1. The molecule has 8 nitrogen and oxygen atoms in total. The lowest BCUT2D eigenvalue weighted by atomic mass is 9.91. The van der Waals surface area contributed by atoms with Crippen LogP contribution in [0.4, 0.5) is 15.8 Å². The molecule has 2 aromatic rings. The number of rotatable bonds is 5. The summed E-state index contributed by atoms with van der Waals surface area (Å²) < 4.78 is 14.1. The van der Waals surface area contributed by atoms with Crippen molar-refractivity contribution in [1.29, 1.82) is 0 Å². The minimum Gasteiger partial charge on any atom is -0.481 e. The average Bonchev–Trinajstić information content (AvgIpc) is 3.08. The van der Waals surface area contributed by atoms with E-state index in [1.165, 1.54) is 12.1 Å². The second-order valence-electron chi connectivity index (χ2n) is 10.6. The number of amides is 2. The second kappa shape index (κ2) is 9.35. The first-order valence-corrected chi connectivity index (χ1v) is 12.2. The van der Waals surface area contributed by atoms with Crippen molar-refractivity contribution in [1.82, 2.24) is 14.8 Å². The van der Waals surface area contributed by atoms with Crippen LogP contribution in [0.1, 0.15) is 56.7 Å². The van der Waals surface area contributed by atoms with Crippen LogP contribution >= 0.6 is 11.6 Å². The molecule has 1 aromatic heterocycles. The van der Waals surface area contributed by atoms with Gasteiger partial charge in [-0.15, -0.1) is 0 Å². The van der Waals surface area contributed by atoms with Gasteiger partial charge in [0.1, 0.15) is 11.5 Å². The lowest BCUT2D eigenvalue weighted by Gasteiger charge is -2.47. The van der Waals surface area contributed by atoms with E-state index >= 15 is 0 Å². The van der Waals surface area contributed by atoms with Gasteiger partial charge in [-0.3, -0.25) is 14.4 Å². The van der Waals surface area contributed by atoms with E-state index in [1.54, 1.807) is 21.9 Å². The standard InChI is InChI=1S/C26H30ClFN4O4/c1-25(2)14-31(16-5-6-17(27)18(28)13-16)20-8-7-19(29-23(20)25)24(36)32-12-11-30(15-26(32,3)4)21(33)9-10-22(34)35/h5-8,13H,9-12,14-15H2,1-4H3,(H,34,35). The maximum atomic E-state index is 14.1. The van der Waals surface area contributed by atoms with Crippen molar-refractivity contribution in [3.8, 4) is 0 Å². The first-order chi connectivity index (χ1) is 16.8. The summed E-state index contributed by atoms with van der Waals surface area (Å²) in [7, 11) is 0. The van der Waals surface area contributed by atoms with Crippen LogP contribution in [-0.4, -0.2) is 69.4 Å². The number of pyridine rings is 1. The highest BCUT2D eigenvalue weighted by Gasteiger charge is 2.41. The number of carboxylic acids is 1. The Morgan fingerprint density at radius 1 is 1.06 bits per heavy atom. The van der Waals surface area contributed by atoms with Crippen molar-refractivity contribution in [2.24, 2.45) is 0 Å². The maximum Gasteiger partial charge on any atom is 0.303 e. The lowest BCUT2D eigenvalue weighted by Crippen LogP contribution is -2.62. The van der Waals surface area contributed by atoms with Crippen molar-refractivity contribution in [3.63, 3.8) is 0 Å². The smallest absolute Gasteiger partial charge is 0.303 e. The molecular weight excluding hydrogens is 487 g/mol. The van der Waals surface area contributed by atoms with E-state index in [9.17, 15) is 18.8 Å². The summed E-state index contributed by atoms with van der Waals surface area (Å²) in [6.07, 6.45) is -0.276. The molecule has 0 aliphatic carbocycles. The molecule has 0 spiro atoms. The van der Waals surface area contributed by atoms with E-state index in [4.69, 9.17) is 21.7 Å².